The minimum atomic E-state index is -4.62. The number of anilines is 1. The number of pyridine rings is 2. The van der Waals surface area contributed by atoms with Gasteiger partial charge in [0, 0.05) is 30.4 Å². The maximum Gasteiger partial charge on any atom is 0.390 e. The molecular weight excluding hydrogens is 488 g/mol. The first-order valence-electron chi connectivity index (χ1n) is 11.1. The quantitative estimate of drug-likeness (QED) is 0.280. The van der Waals surface area contributed by atoms with Crippen molar-refractivity contribution in [2.75, 3.05) is 5.32 Å². The van der Waals surface area contributed by atoms with E-state index in [1.165, 1.54) is 24.4 Å². The summed E-state index contributed by atoms with van der Waals surface area (Å²) in [7, 11) is 0. The summed E-state index contributed by atoms with van der Waals surface area (Å²) in [5, 5.41) is 2.48. The smallest absolute Gasteiger partial charge is 0.337 e. The van der Waals surface area contributed by atoms with Crippen LogP contribution in [0, 0.1) is 5.82 Å². The van der Waals surface area contributed by atoms with Gasteiger partial charge in [0.1, 0.15) is 17.2 Å². The fourth-order valence-corrected chi connectivity index (χ4v) is 4.04. The molecule has 37 heavy (non-hydrogen) atoms. The third-order valence-corrected chi connectivity index (χ3v) is 5.67. The molecule has 0 fully saturated rings. The third kappa shape index (κ3) is 5.30. The molecular formula is C26H18F4N6O. The van der Waals surface area contributed by atoms with Gasteiger partial charge < -0.3 is 10.3 Å². The predicted molar refractivity (Wildman–Crippen MR) is 129 cm³/mol. The largest absolute Gasteiger partial charge is 0.390 e. The van der Waals surface area contributed by atoms with Crippen molar-refractivity contribution in [1.82, 2.24) is 24.9 Å². The summed E-state index contributed by atoms with van der Waals surface area (Å²) in [5.74, 6) is -3.08. The predicted octanol–water partition coefficient (Wildman–Crippen LogP) is 5.90. The molecule has 0 bridgehead atoms. The zero-order valence-electron chi connectivity index (χ0n) is 19.0. The van der Waals surface area contributed by atoms with Gasteiger partial charge in [-0.2, -0.15) is 13.2 Å². The highest BCUT2D eigenvalue weighted by molar-refractivity contribution is 6.00. The van der Waals surface area contributed by atoms with E-state index in [1.54, 1.807) is 30.7 Å². The molecule has 0 aliphatic rings. The molecule has 0 aliphatic heterocycles. The number of hydrogen-bond donors (Lipinski definition) is 2. The Morgan fingerprint density at radius 2 is 1.70 bits per heavy atom. The third-order valence-electron chi connectivity index (χ3n) is 5.67. The number of hydrogen-bond acceptors (Lipinski definition) is 5. The van der Waals surface area contributed by atoms with Gasteiger partial charge >= 0.3 is 6.18 Å². The van der Waals surface area contributed by atoms with E-state index in [4.69, 9.17) is 0 Å². The minimum absolute atomic E-state index is 0.0394. The molecule has 1 unspecified atom stereocenters. The highest BCUT2D eigenvalue weighted by Gasteiger charge is 2.36. The Bertz CT molecular complexity index is 1550. The Labute approximate surface area is 207 Å². The zero-order chi connectivity index (χ0) is 26.0. The van der Waals surface area contributed by atoms with E-state index in [9.17, 15) is 22.4 Å². The average Bonchev–Trinajstić information content (AvgIpc) is 3.28. The first kappa shape index (κ1) is 24.0. The monoisotopic (exact) mass is 506 g/mol. The molecule has 0 spiro atoms. The van der Waals surface area contributed by atoms with Gasteiger partial charge in [-0.3, -0.25) is 14.8 Å². The lowest BCUT2D eigenvalue weighted by Crippen LogP contribution is -2.26. The van der Waals surface area contributed by atoms with Crippen LogP contribution in [0.15, 0.2) is 79.4 Å². The number of amides is 1. The molecule has 2 N–H and O–H groups in total. The highest BCUT2D eigenvalue weighted by atomic mass is 19.4. The van der Waals surface area contributed by atoms with Crippen molar-refractivity contribution in [3.05, 3.63) is 90.8 Å². The number of H-pyrrole nitrogens is 1. The summed E-state index contributed by atoms with van der Waals surface area (Å²) in [6.45, 7) is 0. The van der Waals surface area contributed by atoms with Crippen molar-refractivity contribution >= 4 is 22.9 Å². The number of nitrogens with one attached hydrogen (secondary N) is 2. The van der Waals surface area contributed by atoms with E-state index >= 15 is 0 Å². The number of benzene rings is 1. The van der Waals surface area contributed by atoms with Crippen LogP contribution in [0.2, 0.25) is 0 Å². The van der Waals surface area contributed by atoms with Crippen LogP contribution in [0.25, 0.3) is 33.7 Å². The number of aromatic amines is 1. The molecule has 1 aromatic carbocycles. The molecule has 0 radical (unpaired) electrons. The van der Waals surface area contributed by atoms with Crippen LogP contribution in [0.3, 0.4) is 0 Å². The minimum Gasteiger partial charge on any atom is -0.337 e. The van der Waals surface area contributed by atoms with E-state index in [0.29, 0.717) is 33.7 Å². The van der Waals surface area contributed by atoms with Gasteiger partial charge in [0.25, 0.3) is 0 Å². The molecule has 4 aromatic heterocycles. The fourth-order valence-electron chi connectivity index (χ4n) is 4.04. The van der Waals surface area contributed by atoms with Crippen LogP contribution in [-0.2, 0) is 4.79 Å². The molecule has 11 heteroatoms. The molecule has 5 aromatic rings. The highest BCUT2D eigenvalue weighted by Crippen LogP contribution is 2.36. The van der Waals surface area contributed by atoms with E-state index in [0.717, 1.165) is 12.1 Å². The Morgan fingerprint density at radius 3 is 2.43 bits per heavy atom. The normalized spacial score (nSPS) is 12.4. The van der Waals surface area contributed by atoms with Gasteiger partial charge in [-0.25, -0.2) is 14.4 Å². The van der Waals surface area contributed by atoms with Crippen molar-refractivity contribution in [2.24, 2.45) is 0 Å². The maximum atomic E-state index is 13.3. The second-order valence-corrected chi connectivity index (χ2v) is 8.19. The Kier molecular flexibility index (Phi) is 6.34. The molecule has 0 aliphatic carbocycles. The van der Waals surface area contributed by atoms with Crippen molar-refractivity contribution in [1.29, 1.82) is 0 Å². The van der Waals surface area contributed by atoms with Gasteiger partial charge in [0.15, 0.2) is 5.65 Å². The molecule has 4 heterocycles. The summed E-state index contributed by atoms with van der Waals surface area (Å²) in [6.07, 6.45) is 0.139. The standard InChI is InChI=1S/C26H18F4N6O/c27-17-6-4-15(5-7-17)18(14-26(28,29)30)25(37)35-20-13-16(8-10-32-20)22-21(19-3-1-2-9-31-19)23-24(36-22)34-12-11-33-23/h1-13,18H,14H2,(H,34,36)(H,32,35,37). The summed E-state index contributed by atoms with van der Waals surface area (Å²) in [4.78, 5) is 33.4. The lowest BCUT2D eigenvalue weighted by Gasteiger charge is -2.19. The number of carbonyl (C=O) groups is 1. The molecule has 1 atom stereocenters. The van der Waals surface area contributed by atoms with Crippen molar-refractivity contribution in [2.45, 2.75) is 18.5 Å². The van der Waals surface area contributed by atoms with Crippen LogP contribution >= 0.6 is 0 Å². The number of halogens is 4. The lowest BCUT2D eigenvalue weighted by atomic mass is 9.94. The van der Waals surface area contributed by atoms with Crippen LogP contribution in [0.1, 0.15) is 17.9 Å². The molecule has 0 saturated heterocycles. The van der Waals surface area contributed by atoms with E-state index in [-0.39, 0.29) is 11.4 Å². The lowest BCUT2D eigenvalue weighted by molar-refractivity contribution is -0.146. The summed E-state index contributed by atoms with van der Waals surface area (Å²) in [6, 6.07) is 13.0. The van der Waals surface area contributed by atoms with Crippen LogP contribution in [-0.4, -0.2) is 37.0 Å². The van der Waals surface area contributed by atoms with Gasteiger partial charge in [-0.15, -0.1) is 0 Å². The van der Waals surface area contributed by atoms with Gasteiger partial charge in [-0.05, 0) is 42.0 Å². The van der Waals surface area contributed by atoms with E-state index in [2.05, 4.69) is 30.2 Å². The Balaban J connectivity index is 1.51. The molecule has 7 nitrogen and oxygen atoms in total. The molecule has 1 amide bonds. The zero-order valence-corrected chi connectivity index (χ0v) is 19.0. The number of rotatable bonds is 6. The topological polar surface area (TPSA) is 96.5 Å². The first-order valence-corrected chi connectivity index (χ1v) is 11.1. The summed E-state index contributed by atoms with van der Waals surface area (Å²) in [5.41, 5.74) is 3.63. The van der Waals surface area contributed by atoms with Gasteiger partial charge in [-0.1, -0.05) is 18.2 Å². The summed E-state index contributed by atoms with van der Waals surface area (Å²) < 4.78 is 53.1. The van der Waals surface area contributed by atoms with Gasteiger partial charge in [0.05, 0.1) is 29.3 Å². The van der Waals surface area contributed by atoms with Gasteiger partial charge in [0.2, 0.25) is 5.91 Å². The molecule has 5 rings (SSSR count). The Hall–Kier alpha value is -4.67. The van der Waals surface area contributed by atoms with E-state index in [1.807, 2.05) is 12.1 Å². The second-order valence-electron chi connectivity index (χ2n) is 8.19. The summed E-state index contributed by atoms with van der Waals surface area (Å²) >= 11 is 0. The van der Waals surface area contributed by atoms with Crippen LogP contribution in [0.4, 0.5) is 23.4 Å². The van der Waals surface area contributed by atoms with Crippen molar-refractivity contribution in [3.8, 4) is 22.5 Å². The number of fused-ring (bicyclic) bond motifs is 1. The number of aromatic nitrogens is 5. The van der Waals surface area contributed by atoms with Crippen LogP contribution < -0.4 is 5.32 Å². The Morgan fingerprint density at radius 1 is 0.919 bits per heavy atom. The number of nitrogens with zero attached hydrogens (tertiary/aromatic N) is 4. The van der Waals surface area contributed by atoms with Crippen molar-refractivity contribution < 1.29 is 22.4 Å². The average molecular weight is 506 g/mol. The SMILES string of the molecule is O=C(Nc1cc(-c2[nH]c3nccnc3c2-c2ccccn2)ccn1)C(CC(F)(F)F)c1ccc(F)cc1. The van der Waals surface area contributed by atoms with E-state index < -0.39 is 30.2 Å². The fraction of sp³-hybridized carbons (Fsp3) is 0.115. The molecule has 186 valence electrons. The second kappa shape index (κ2) is 9.76. The number of carbonyl (C=O) groups excluding carboxylic acids is 1. The first-order chi connectivity index (χ1) is 17.8. The maximum absolute atomic E-state index is 13.3. The molecule has 0 saturated carbocycles. The van der Waals surface area contributed by atoms with Crippen molar-refractivity contribution in [3.63, 3.8) is 0 Å². The van der Waals surface area contributed by atoms with Crippen LogP contribution in [0.5, 0.6) is 0 Å². The number of alkyl halides is 3.